The second kappa shape index (κ2) is 6.49. The summed E-state index contributed by atoms with van der Waals surface area (Å²) < 4.78 is 0. The third kappa shape index (κ3) is 4.52. The summed E-state index contributed by atoms with van der Waals surface area (Å²) >= 11 is 0. The molecule has 0 bridgehead atoms. The first-order valence-corrected chi connectivity index (χ1v) is 6.57. The van der Waals surface area contributed by atoms with Gasteiger partial charge in [0.1, 0.15) is 0 Å². The first-order valence-electron chi connectivity index (χ1n) is 6.57. The molecule has 1 aliphatic rings. The van der Waals surface area contributed by atoms with Crippen LogP contribution in [0.2, 0.25) is 0 Å². The van der Waals surface area contributed by atoms with Crippen LogP contribution >= 0.6 is 0 Å². The molecule has 0 radical (unpaired) electrons. The van der Waals surface area contributed by atoms with Crippen molar-refractivity contribution in [3.05, 3.63) is 0 Å². The summed E-state index contributed by atoms with van der Waals surface area (Å²) in [6.07, 6.45) is 5.34. The van der Waals surface area contributed by atoms with E-state index in [0.717, 1.165) is 18.0 Å². The molecule has 0 spiro atoms. The second-order valence-corrected chi connectivity index (χ2v) is 5.32. The summed E-state index contributed by atoms with van der Waals surface area (Å²) in [7, 11) is 2.28. The van der Waals surface area contributed by atoms with Crippen molar-refractivity contribution < 1.29 is 0 Å². The fourth-order valence-electron chi connectivity index (χ4n) is 2.63. The average Bonchev–Trinajstić information content (AvgIpc) is 2.18. The maximum Gasteiger partial charge on any atom is 0.00638 e. The second-order valence-electron chi connectivity index (χ2n) is 5.32. The van der Waals surface area contributed by atoms with Gasteiger partial charge in [0.05, 0.1) is 0 Å². The molecule has 0 saturated carbocycles. The van der Waals surface area contributed by atoms with E-state index in [2.05, 4.69) is 38.0 Å². The van der Waals surface area contributed by atoms with Gasteiger partial charge in [0.2, 0.25) is 0 Å². The molecule has 90 valence electrons. The molecular formula is C13H28N2. The van der Waals surface area contributed by atoms with Gasteiger partial charge in [0, 0.05) is 18.6 Å². The van der Waals surface area contributed by atoms with E-state index in [9.17, 15) is 0 Å². The van der Waals surface area contributed by atoms with Gasteiger partial charge in [-0.1, -0.05) is 13.3 Å². The first-order chi connectivity index (χ1) is 7.13. The third-order valence-electron chi connectivity index (χ3n) is 3.74. The van der Waals surface area contributed by atoms with Crippen LogP contribution in [0.1, 0.15) is 46.5 Å². The molecule has 1 saturated heterocycles. The molecular weight excluding hydrogens is 184 g/mol. The first kappa shape index (κ1) is 13.0. The highest BCUT2D eigenvalue weighted by molar-refractivity contribution is 4.78. The molecule has 1 N–H and O–H groups in total. The Balaban J connectivity index is 2.26. The molecule has 2 heteroatoms. The van der Waals surface area contributed by atoms with Crippen LogP contribution in [0.4, 0.5) is 0 Å². The highest BCUT2D eigenvalue weighted by Crippen LogP contribution is 2.18. The molecule has 1 fully saturated rings. The minimum atomic E-state index is 0.721. The van der Waals surface area contributed by atoms with Gasteiger partial charge in [0.25, 0.3) is 0 Å². The molecule has 1 aliphatic heterocycles. The van der Waals surface area contributed by atoms with Gasteiger partial charge in [-0.15, -0.1) is 0 Å². The Labute approximate surface area is 95.4 Å². The number of piperidine rings is 1. The van der Waals surface area contributed by atoms with Crippen LogP contribution in [-0.4, -0.2) is 37.1 Å². The van der Waals surface area contributed by atoms with E-state index in [4.69, 9.17) is 0 Å². The van der Waals surface area contributed by atoms with E-state index in [1.165, 1.54) is 38.8 Å². The van der Waals surface area contributed by atoms with E-state index >= 15 is 0 Å². The lowest BCUT2D eigenvalue weighted by molar-refractivity contribution is 0.176. The lowest BCUT2D eigenvalue weighted by Gasteiger charge is -2.33. The van der Waals surface area contributed by atoms with E-state index in [1.807, 2.05) is 0 Å². The van der Waals surface area contributed by atoms with Crippen molar-refractivity contribution >= 4 is 0 Å². The van der Waals surface area contributed by atoms with E-state index < -0.39 is 0 Å². The van der Waals surface area contributed by atoms with E-state index in [0.29, 0.717) is 0 Å². The van der Waals surface area contributed by atoms with Crippen LogP contribution in [0, 0.1) is 5.92 Å². The van der Waals surface area contributed by atoms with E-state index in [-0.39, 0.29) is 0 Å². The summed E-state index contributed by atoms with van der Waals surface area (Å²) in [5.41, 5.74) is 0. The summed E-state index contributed by atoms with van der Waals surface area (Å²) in [4.78, 5) is 2.55. The maximum atomic E-state index is 3.52. The Bertz CT molecular complexity index is 170. The Hall–Kier alpha value is -0.0800. The SMILES string of the molecule is CCCC(C)N(C)CC1CCNC(C)C1. The predicted molar refractivity (Wildman–Crippen MR) is 67.2 cm³/mol. The molecule has 0 amide bonds. The van der Waals surface area contributed by atoms with Gasteiger partial charge >= 0.3 is 0 Å². The van der Waals surface area contributed by atoms with Gasteiger partial charge in [-0.3, -0.25) is 0 Å². The highest BCUT2D eigenvalue weighted by atomic mass is 15.1. The molecule has 3 unspecified atom stereocenters. The highest BCUT2D eigenvalue weighted by Gasteiger charge is 2.20. The lowest BCUT2D eigenvalue weighted by atomic mass is 9.92. The molecule has 0 aliphatic carbocycles. The van der Waals surface area contributed by atoms with Crippen molar-refractivity contribution in [2.24, 2.45) is 5.92 Å². The number of hydrogen-bond acceptors (Lipinski definition) is 2. The Morgan fingerprint density at radius 2 is 2.20 bits per heavy atom. The number of nitrogens with one attached hydrogen (secondary N) is 1. The monoisotopic (exact) mass is 212 g/mol. The van der Waals surface area contributed by atoms with Crippen LogP contribution < -0.4 is 5.32 Å². The van der Waals surface area contributed by atoms with Crippen molar-refractivity contribution in [1.29, 1.82) is 0 Å². The van der Waals surface area contributed by atoms with Gasteiger partial charge in [0.15, 0.2) is 0 Å². The van der Waals surface area contributed by atoms with Crippen LogP contribution in [0.15, 0.2) is 0 Å². The third-order valence-corrected chi connectivity index (χ3v) is 3.74. The standard InChI is InChI=1S/C13H28N2/c1-5-6-12(3)15(4)10-13-7-8-14-11(2)9-13/h11-14H,5-10H2,1-4H3. The van der Waals surface area contributed by atoms with Crippen molar-refractivity contribution in [2.45, 2.75) is 58.5 Å². The molecule has 15 heavy (non-hydrogen) atoms. The normalized spacial score (nSPS) is 29.4. The van der Waals surface area contributed by atoms with Gasteiger partial charge in [-0.05, 0) is 52.6 Å². The van der Waals surface area contributed by atoms with Crippen LogP contribution in [0.3, 0.4) is 0 Å². The largest absolute Gasteiger partial charge is 0.314 e. The number of nitrogens with zero attached hydrogens (tertiary/aromatic N) is 1. The smallest absolute Gasteiger partial charge is 0.00638 e. The van der Waals surface area contributed by atoms with Crippen molar-refractivity contribution in [3.8, 4) is 0 Å². The molecule has 1 heterocycles. The molecule has 1 rings (SSSR count). The lowest BCUT2D eigenvalue weighted by Crippen LogP contribution is -2.41. The van der Waals surface area contributed by atoms with Gasteiger partial charge in [-0.25, -0.2) is 0 Å². The number of hydrogen-bond donors (Lipinski definition) is 1. The zero-order valence-electron chi connectivity index (χ0n) is 10.9. The zero-order valence-corrected chi connectivity index (χ0v) is 10.9. The quantitative estimate of drug-likeness (QED) is 0.753. The van der Waals surface area contributed by atoms with Crippen LogP contribution in [0.5, 0.6) is 0 Å². The summed E-state index contributed by atoms with van der Waals surface area (Å²) in [6, 6.07) is 1.47. The van der Waals surface area contributed by atoms with Crippen LogP contribution in [0.25, 0.3) is 0 Å². The van der Waals surface area contributed by atoms with Crippen molar-refractivity contribution in [3.63, 3.8) is 0 Å². The topological polar surface area (TPSA) is 15.3 Å². The Morgan fingerprint density at radius 1 is 1.47 bits per heavy atom. The minimum absolute atomic E-state index is 0.721. The molecule has 3 atom stereocenters. The van der Waals surface area contributed by atoms with Crippen molar-refractivity contribution in [2.75, 3.05) is 20.1 Å². The fourth-order valence-corrected chi connectivity index (χ4v) is 2.63. The molecule has 0 aromatic heterocycles. The van der Waals surface area contributed by atoms with Gasteiger partial charge in [-0.2, -0.15) is 0 Å². The number of rotatable bonds is 5. The predicted octanol–water partition coefficient (Wildman–Crippen LogP) is 2.49. The summed E-state index contributed by atoms with van der Waals surface area (Å²) in [5, 5.41) is 3.52. The average molecular weight is 212 g/mol. The summed E-state index contributed by atoms with van der Waals surface area (Å²) in [6.45, 7) is 9.43. The van der Waals surface area contributed by atoms with Gasteiger partial charge < -0.3 is 10.2 Å². The zero-order chi connectivity index (χ0) is 11.3. The molecule has 2 nitrogen and oxygen atoms in total. The van der Waals surface area contributed by atoms with Crippen molar-refractivity contribution in [1.82, 2.24) is 10.2 Å². The van der Waals surface area contributed by atoms with E-state index in [1.54, 1.807) is 0 Å². The molecule has 0 aromatic rings. The Morgan fingerprint density at radius 3 is 2.80 bits per heavy atom. The van der Waals surface area contributed by atoms with Crippen LogP contribution in [-0.2, 0) is 0 Å². The maximum absolute atomic E-state index is 3.52. The molecule has 0 aromatic carbocycles. The summed E-state index contributed by atoms with van der Waals surface area (Å²) in [5.74, 6) is 0.908. The minimum Gasteiger partial charge on any atom is -0.314 e. The Kier molecular flexibility index (Phi) is 5.62. The fraction of sp³-hybridized carbons (Fsp3) is 1.00.